The van der Waals surface area contributed by atoms with Crippen molar-refractivity contribution < 1.29 is 9.53 Å². The molecular weight excluding hydrogens is 307 g/mol. The quantitative estimate of drug-likeness (QED) is 0.736. The van der Waals surface area contributed by atoms with Gasteiger partial charge in [0.25, 0.3) is 0 Å². The van der Waals surface area contributed by atoms with E-state index in [0.717, 1.165) is 6.07 Å². The highest BCUT2D eigenvalue weighted by molar-refractivity contribution is 6.31. The van der Waals surface area contributed by atoms with Crippen LogP contribution < -0.4 is 21.3 Å². The molecule has 0 radical (unpaired) electrons. The third-order valence-corrected chi connectivity index (χ3v) is 2.62. The summed E-state index contributed by atoms with van der Waals surface area (Å²) in [6, 6.07) is 5.65. The number of nitrogens with zero attached hydrogens (tertiary/aromatic N) is 1. The number of benzene rings is 1. The lowest BCUT2D eigenvalue weighted by atomic mass is 10.3. The first-order valence-electron chi connectivity index (χ1n) is 5.25. The van der Waals surface area contributed by atoms with Crippen molar-refractivity contribution in [2.24, 2.45) is 0 Å². The number of rotatable bonds is 2. The molecule has 2 rings (SSSR count). The molecule has 7 nitrogen and oxygen atoms in total. The van der Waals surface area contributed by atoms with Crippen LogP contribution in [0.2, 0.25) is 10.2 Å². The molecule has 20 heavy (non-hydrogen) atoms. The minimum atomic E-state index is -0.910. The van der Waals surface area contributed by atoms with Crippen LogP contribution >= 0.6 is 23.2 Å². The van der Waals surface area contributed by atoms with Crippen LogP contribution in [0.25, 0.3) is 0 Å². The number of carbonyl (C=O) groups is 1. The van der Waals surface area contributed by atoms with Crippen LogP contribution in [-0.4, -0.2) is 16.3 Å². The van der Waals surface area contributed by atoms with Gasteiger partial charge in [-0.15, -0.1) is 0 Å². The van der Waals surface area contributed by atoms with Gasteiger partial charge in [-0.1, -0.05) is 23.2 Å². The summed E-state index contributed by atoms with van der Waals surface area (Å²) in [6.45, 7) is 0. The Labute approximate surface area is 122 Å². The van der Waals surface area contributed by atoms with E-state index < -0.39 is 11.7 Å². The van der Waals surface area contributed by atoms with Gasteiger partial charge in [0, 0.05) is 11.1 Å². The number of aromatic amines is 1. The van der Waals surface area contributed by atoms with Crippen molar-refractivity contribution in [3.63, 3.8) is 0 Å². The van der Waals surface area contributed by atoms with Crippen LogP contribution in [0.3, 0.4) is 0 Å². The second kappa shape index (κ2) is 5.81. The average Bonchev–Trinajstić information content (AvgIpc) is 2.38. The van der Waals surface area contributed by atoms with E-state index in [9.17, 15) is 9.59 Å². The summed E-state index contributed by atoms with van der Waals surface area (Å²) >= 11 is 11.4. The lowest BCUT2D eigenvalue weighted by Gasteiger charge is -2.08. The number of aromatic nitrogens is 2. The van der Waals surface area contributed by atoms with Gasteiger partial charge in [0.1, 0.15) is 0 Å². The topological polar surface area (TPSA) is 110 Å². The SMILES string of the molecule is Nc1ccc(Cl)cc1NC(=O)Oc1cc(Cl)n[nH]c1=O. The molecule has 4 N–H and O–H groups in total. The second-order valence-electron chi connectivity index (χ2n) is 3.63. The fraction of sp³-hybridized carbons (Fsp3) is 0. The summed E-state index contributed by atoms with van der Waals surface area (Å²) in [6.07, 6.45) is -0.910. The van der Waals surface area contributed by atoms with Crippen molar-refractivity contribution in [1.29, 1.82) is 0 Å². The number of nitrogens with one attached hydrogen (secondary N) is 2. The number of halogens is 2. The highest BCUT2D eigenvalue weighted by atomic mass is 35.5. The Morgan fingerprint density at radius 2 is 2.10 bits per heavy atom. The van der Waals surface area contributed by atoms with Crippen molar-refractivity contribution in [1.82, 2.24) is 10.2 Å². The molecule has 2 aromatic rings. The molecule has 0 aliphatic heterocycles. The number of amides is 1. The van der Waals surface area contributed by atoms with Gasteiger partial charge in [-0.05, 0) is 18.2 Å². The standard InChI is InChI=1S/C11H8Cl2N4O3/c12-5-1-2-6(14)7(3-5)15-11(19)20-8-4-9(13)16-17-10(8)18/h1-4H,14H2,(H,15,19)(H,17,18). The first-order chi connectivity index (χ1) is 9.45. The molecule has 0 fully saturated rings. The van der Waals surface area contributed by atoms with E-state index in [4.69, 9.17) is 33.7 Å². The molecule has 1 aromatic heterocycles. The summed E-state index contributed by atoms with van der Waals surface area (Å²) in [4.78, 5) is 23.0. The largest absolute Gasteiger partial charge is 0.417 e. The fourth-order valence-electron chi connectivity index (χ4n) is 1.31. The van der Waals surface area contributed by atoms with Gasteiger partial charge in [0.05, 0.1) is 11.4 Å². The third kappa shape index (κ3) is 3.40. The summed E-state index contributed by atoms with van der Waals surface area (Å²) in [5, 5.41) is 8.23. The predicted octanol–water partition coefficient (Wildman–Crippen LogP) is 2.27. The van der Waals surface area contributed by atoms with Crippen molar-refractivity contribution >= 4 is 40.7 Å². The van der Waals surface area contributed by atoms with Crippen LogP contribution in [0.1, 0.15) is 0 Å². The Kier molecular flexibility index (Phi) is 4.11. The molecule has 1 amide bonds. The van der Waals surface area contributed by atoms with Gasteiger partial charge in [0.15, 0.2) is 5.15 Å². The van der Waals surface area contributed by atoms with E-state index in [1.54, 1.807) is 6.07 Å². The van der Waals surface area contributed by atoms with E-state index in [2.05, 4.69) is 15.5 Å². The first kappa shape index (κ1) is 14.2. The molecule has 0 spiro atoms. The van der Waals surface area contributed by atoms with Crippen molar-refractivity contribution in [2.45, 2.75) is 0 Å². The van der Waals surface area contributed by atoms with Crippen LogP contribution in [-0.2, 0) is 0 Å². The maximum Gasteiger partial charge on any atom is 0.417 e. The van der Waals surface area contributed by atoms with E-state index in [-0.39, 0.29) is 16.6 Å². The van der Waals surface area contributed by atoms with Crippen LogP contribution in [0, 0.1) is 0 Å². The smallest absolute Gasteiger partial charge is 0.404 e. The Balaban J connectivity index is 2.15. The highest BCUT2D eigenvalue weighted by Crippen LogP contribution is 2.23. The number of hydrogen-bond donors (Lipinski definition) is 3. The lowest BCUT2D eigenvalue weighted by Crippen LogP contribution is -2.22. The highest BCUT2D eigenvalue weighted by Gasteiger charge is 2.11. The Morgan fingerprint density at radius 1 is 1.35 bits per heavy atom. The van der Waals surface area contributed by atoms with Crippen molar-refractivity contribution in [3.8, 4) is 5.75 Å². The van der Waals surface area contributed by atoms with Gasteiger partial charge in [-0.25, -0.2) is 9.89 Å². The third-order valence-electron chi connectivity index (χ3n) is 2.19. The number of nitrogens with two attached hydrogens (primary N) is 1. The van der Waals surface area contributed by atoms with E-state index in [1.165, 1.54) is 12.1 Å². The lowest BCUT2D eigenvalue weighted by molar-refractivity contribution is 0.214. The average molecular weight is 315 g/mol. The minimum Gasteiger partial charge on any atom is -0.404 e. The maximum atomic E-state index is 11.7. The zero-order valence-corrected chi connectivity index (χ0v) is 11.3. The van der Waals surface area contributed by atoms with Gasteiger partial charge >= 0.3 is 11.7 Å². The normalized spacial score (nSPS) is 10.1. The van der Waals surface area contributed by atoms with E-state index in [1.807, 2.05) is 0 Å². The summed E-state index contributed by atoms with van der Waals surface area (Å²) in [5.74, 6) is -0.289. The fourth-order valence-corrected chi connectivity index (χ4v) is 1.63. The molecule has 0 aliphatic rings. The van der Waals surface area contributed by atoms with Crippen LogP contribution in [0.5, 0.6) is 5.75 Å². The number of H-pyrrole nitrogens is 1. The molecule has 0 saturated heterocycles. The van der Waals surface area contributed by atoms with Gasteiger partial charge in [0.2, 0.25) is 5.75 Å². The second-order valence-corrected chi connectivity index (χ2v) is 4.45. The molecule has 104 valence electrons. The maximum absolute atomic E-state index is 11.7. The summed E-state index contributed by atoms with van der Waals surface area (Å²) < 4.78 is 4.81. The number of carbonyl (C=O) groups excluding carboxylic acids is 1. The Morgan fingerprint density at radius 3 is 2.85 bits per heavy atom. The molecule has 1 heterocycles. The molecule has 0 saturated carbocycles. The van der Waals surface area contributed by atoms with Crippen molar-refractivity contribution in [2.75, 3.05) is 11.1 Å². The molecule has 0 atom stereocenters. The molecule has 0 bridgehead atoms. The summed E-state index contributed by atoms with van der Waals surface area (Å²) in [7, 11) is 0. The first-order valence-corrected chi connectivity index (χ1v) is 6.00. The predicted molar refractivity (Wildman–Crippen MR) is 75.4 cm³/mol. The van der Waals surface area contributed by atoms with Gasteiger partial charge < -0.3 is 10.5 Å². The zero-order chi connectivity index (χ0) is 14.7. The molecule has 0 unspecified atom stereocenters. The van der Waals surface area contributed by atoms with Crippen LogP contribution in [0.4, 0.5) is 16.2 Å². The molecule has 0 aliphatic carbocycles. The van der Waals surface area contributed by atoms with Crippen LogP contribution in [0.15, 0.2) is 29.1 Å². The number of hydrogen-bond acceptors (Lipinski definition) is 5. The number of ether oxygens (including phenoxy) is 1. The number of anilines is 2. The molecule has 9 heteroatoms. The van der Waals surface area contributed by atoms with E-state index >= 15 is 0 Å². The Hall–Kier alpha value is -2.25. The monoisotopic (exact) mass is 314 g/mol. The van der Waals surface area contributed by atoms with Gasteiger partial charge in [-0.3, -0.25) is 10.1 Å². The number of nitrogen functional groups attached to an aromatic ring is 1. The Bertz CT molecular complexity index is 717. The van der Waals surface area contributed by atoms with Crippen molar-refractivity contribution in [3.05, 3.63) is 44.8 Å². The molecule has 1 aromatic carbocycles. The molecular formula is C11H8Cl2N4O3. The summed E-state index contributed by atoms with van der Waals surface area (Å²) in [5.41, 5.74) is 5.53. The van der Waals surface area contributed by atoms with E-state index in [0.29, 0.717) is 10.7 Å². The minimum absolute atomic E-state index is 0.0188. The zero-order valence-electron chi connectivity index (χ0n) is 9.81. The van der Waals surface area contributed by atoms with Gasteiger partial charge in [-0.2, -0.15) is 5.10 Å².